The molecule has 18 heavy (non-hydrogen) atoms. The average Bonchev–Trinajstić information content (AvgIpc) is 2.41. The largest absolute Gasteiger partial charge is 0.493 e. The number of hydrogen-bond acceptors (Lipinski definition) is 4. The first-order valence-electron chi connectivity index (χ1n) is 6.40. The Morgan fingerprint density at radius 3 is 2.56 bits per heavy atom. The number of nitrogens with one attached hydrogen (secondary N) is 1. The van der Waals surface area contributed by atoms with Gasteiger partial charge in [0.25, 0.3) is 0 Å². The van der Waals surface area contributed by atoms with Crippen molar-refractivity contribution < 1.29 is 4.74 Å². The van der Waals surface area contributed by atoms with Crippen LogP contribution in [0.4, 0.5) is 5.69 Å². The molecule has 0 aliphatic rings. The highest BCUT2D eigenvalue weighted by atomic mass is 32.2. The Labute approximate surface area is 115 Å². The molecule has 0 aromatic carbocycles. The van der Waals surface area contributed by atoms with Crippen LogP contribution in [0.3, 0.4) is 0 Å². The van der Waals surface area contributed by atoms with Gasteiger partial charge in [0.05, 0.1) is 19.0 Å². The molecule has 0 bridgehead atoms. The molecule has 1 heterocycles. The Bertz CT molecular complexity index is 370. The van der Waals surface area contributed by atoms with Crippen molar-refractivity contribution in [2.75, 3.05) is 25.2 Å². The average molecular weight is 268 g/mol. The van der Waals surface area contributed by atoms with Gasteiger partial charge >= 0.3 is 0 Å². The number of thioether (sulfide) groups is 1. The maximum Gasteiger partial charge on any atom is 0.160 e. The van der Waals surface area contributed by atoms with Crippen molar-refractivity contribution in [2.24, 2.45) is 0 Å². The molecule has 0 saturated carbocycles. The second kappa shape index (κ2) is 6.88. The van der Waals surface area contributed by atoms with Crippen LogP contribution in [0, 0.1) is 6.92 Å². The zero-order valence-electron chi connectivity index (χ0n) is 12.0. The quantitative estimate of drug-likeness (QED) is 0.817. The van der Waals surface area contributed by atoms with Crippen LogP contribution in [0.5, 0.6) is 5.75 Å². The lowest BCUT2D eigenvalue weighted by Crippen LogP contribution is -2.32. The van der Waals surface area contributed by atoms with E-state index >= 15 is 0 Å². The van der Waals surface area contributed by atoms with Crippen LogP contribution in [0.1, 0.15) is 32.4 Å². The lowest BCUT2D eigenvalue weighted by Gasteiger charge is -2.30. The minimum absolute atomic E-state index is 0.294. The Kier molecular flexibility index (Phi) is 5.79. The second-order valence-corrected chi connectivity index (χ2v) is 5.75. The Hall–Kier alpha value is -0.900. The summed E-state index contributed by atoms with van der Waals surface area (Å²) in [6.45, 7) is 7.43. The maximum absolute atomic E-state index is 5.33. The van der Waals surface area contributed by atoms with Gasteiger partial charge < -0.3 is 10.1 Å². The molecule has 0 fully saturated rings. The third-order valence-corrected chi connectivity index (χ3v) is 5.13. The van der Waals surface area contributed by atoms with Gasteiger partial charge in [-0.2, -0.15) is 11.8 Å². The van der Waals surface area contributed by atoms with E-state index in [4.69, 9.17) is 4.74 Å². The van der Waals surface area contributed by atoms with Crippen LogP contribution in [0.2, 0.25) is 0 Å². The highest BCUT2D eigenvalue weighted by Gasteiger charge is 2.24. The summed E-state index contributed by atoms with van der Waals surface area (Å²) in [5, 5.41) is 3.51. The fourth-order valence-electron chi connectivity index (χ4n) is 1.97. The lowest BCUT2D eigenvalue weighted by molar-refractivity contribution is 0.414. The third kappa shape index (κ3) is 3.55. The normalized spacial score (nSPS) is 11.4. The molecular weight excluding hydrogens is 244 g/mol. The molecule has 0 amide bonds. The molecular formula is C14H24N2OS. The van der Waals surface area contributed by atoms with Gasteiger partial charge in [-0.1, -0.05) is 13.8 Å². The first kappa shape index (κ1) is 15.2. The van der Waals surface area contributed by atoms with Crippen molar-refractivity contribution >= 4 is 17.4 Å². The van der Waals surface area contributed by atoms with E-state index in [0.717, 1.165) is 36.5 Å². The molecule has 1 aromatic rings. The molecule has 4 heteroatoms. The summed E-state index contributed by atoms with van der Waals surface area (Å²) in [7, 11) is 1.68. The zero-order chi connectivity index (χ0) is 13.6. The van der Waals surface area contributed by atoms with E-state index in [2.05, 4.69) is 30.4 Å². The summed E-state index contributed by atoms with van der Waals surface area (Å²) in [5.41, 5.74) is 2.03. The van der Waals surface area contributed by atoms with E-state index < -0.39 is 0 Å². The van der Waals surface area contributed by atoms with Crippen LogP contribution in [-0.2, 0) is 0 Å². The molecule has 0 aliphatic carbocycles. The number of ether oxygens (including phenoxy) is 1. The predicted molar refractivity (Wildman–Crippen MR) is 80.8 cm³/mol. The van der Waals surface area contributed by atoms with Gasteiger partial charge in [0, 0.05) is 17.0 Å². The number of anilines is 1. The number of pyridine rings is 1. The summed E-state index contributed by atoms with van der Waals surface area (Å²) in [5.74, 6) is 0.808. The molecule has 0 aliphatic heterocycles. The lowest BCUT2D eigenvalue weighted by atomic mass is 10.0. The molecule has 1 N–H and O–H groups in total. The van der Waals surface area contributed by atoms with Gasteiger partial charge in [-0.25, -0.2) is 0 Å². The standard InChI is InChI=1S/C14H24N2OS/c1-6-14(7-2,18-5)10-16-12-8-11(3)15-9-13(12)17-4/h8-9H,6-7,10H2,1-5H3,(H,15,16). The van der Waals surface area contributed by atoms with Crippen molar-refractivity contribution in [3.63, 3.8) is 0 Å². The third-order valence-electron chi connectivity index (χ3n) is 3.55. The zero-order valence-corrected chi connectivity index (χ0v) is 12.9. The topological polar surface area (TPSA) is 34.2 Å². The fraction of sp³-hybridized carbons (Fsp3) is 0.643. The van der Waals surface area contributed by atoms with Crippen molar-refractivity contribution in [2.45, 2.75) is 38.4 Å². The van der Waals surface area contributed by atoms with Crippen molar-refractivity contribution in [1.82, 2.24) is 4.98 Å². The summed E-state index contributed by atoms with van der Waals surface area (Å²) < 4.78 is 5.63. The van der Waals surface area contributed by atoms with E-state index in [1.165, 1.54) is 0 Å². The SMILES string of the molecule is CCC(CC)(CNc1cc(C)ncc1OC)SC. The molecule has 0 saturated heterocycles. The van der Waals surface area contributed by atoms with Crippen molar-refractivity contribution in [1.29, 1.82) is 0 Å². The minimum Gasteiger partial charge on any atom is -0.493 e. The number of nitrogens with zero attached hydrogens (tertiary/aromatic N) is 1. The molecule has 102 valence electrons. The molecule has 1 rings (SSSR count). The Morgan fingerprint density at radius 1 is 1.39 bits per heavy atom. The fourth-order valence-corrected chi connectivity index (χ4v) is 2.76. The number of hydrogen-bond donors (Lipinski definition) is 1. The highest BCUT2D eigenvalue weighted by molar-refractivity contribution is 8.00. The monoisotopic (exact) mass is 268 g/mol. The van der Waals surface area contributed by atoms with Crippen LogP contribution in [0.25, 0.3) is 0 Å². The Balaban J connectivity index is 2.81. The predicted octanol–water partition coefficient (Wildman–Crippen LogP) is 3.73. The van der Waals surface area contributed by atoms with Crippen molar-refractivity contribution in [3.8, 4) is 5.75 Å². The van der Waals surface area contributed by atoms with E-state index in [0.29, 0.717) is 4.75 Å². The molecule has 3 nitrogen and oxygen atoms in total. The van der Waals surface area contributed by atoms with Crippen molar-refractivity contribution in [3.05, 3.63) is 18.0 Å². The van der Waals surface area contributed by atoms with E-state index in [1.807, 2.05) is 24.8 Å². The smallest absolute Gasteiger partial charge is 0.160 e. The van der Waals surface area contributed by atoms with E-state index in [9.17, 15) is 0 Å². The van der Waals surface area contributed by atoms with Gasteiger partial charge in [0.15, 0.2) is 5.75 Å². The summed E-state index contributed by atoms with van der Waals surface area (Å²) in [6, 6.07) is 2.04. The first-order valence-corrected chi connectivity index (χ1v) is 7.63. The number of aromatic nitrogens is 1. The molecule has 0 unspecified atom stereocenters. The molecule has 1 aromatic heterocycles. The van der Waals surface area contributed by atoms with Gasteiger partial charge in [-0.15, -0.1) is 0 Å². The van der Waals surface area contributed by atoms with Crippen LogP contribution < -0.4 is 10.1 Å². The van der Waals surface area contributed by atoms with E-state index in [-0.39, 0.29) is 0 Å². The maximum atomic E-state index is 5.33. The molecule has 0 radical (unpaired) electrons. The van der Waals surface area contributed by atoms with Gasteiger partial charge in [0.1, 0.15) is 0 Å². The summed E-state index contributed by atoms with van der Waals surface area (Å²) >= 11 is 1.94. The number of aryl methyl sites for hydroxylation is 1. The molecule has 0 atom stereocenters. The van der Waals surface area contributed by atoms with E-state index in [1.54, 1.807) is 13.3 Å². The van der Waals surface area contributed by atoms with Gasteiger partial charge in [-0.05, 0) is 32.1 Å². The summed E-state index contributed by atoms with van der Waals surface area (Å²) in [6.07, 6.45) is 6.27. The number of rotatable bonds is 7. The van der Waals surface area contributed by atoms with Gasteiger partial charge in [-0.3, -0.25) is 4.98 Å². The Morgan fingerprint density at radius 2 is 2.06 bits per heavy atom. The summed E-state index contributed by atoms with van der Waals surface area (Å²) in [4.78, 5) is 4.25. The first-order chi connectivity index (χ1) is 8.60. The second-order valence-electron chi connectivity index (χ2n) is 4.47. The minimum atomic E-state index is 0.294. The van der Waals surface area contributed by atoms with Gasteiger partial charge in [0.2, 0.25) is 0 Å². The number of methoxy groups -OCH3 is 1. The van der Waals surface area contributed by atoms with Crippen LogP contribution in [0.15, 0.2) is 12.3 Å². The van der Waals surface area contributed by atoms with Crippen LogP contribution >= 0.6 is 11.8 Å². The molecule has 0 spiro atoms. The highest BCUT2D eigenvalue weighted by Crippen LogP contribution is 2.32. The van der Waals surface area contributed by atoms with Crippen LogP contribution in [-0.4, -0.2) is 29.6 Å².